The van der Waals surface area contributed by atoms with E-state index in [0.29, 0.717) is 6.54 Å². The van der Waals surface area contributed by atoms with Gasteiger partial charge in [0.2, 0.25) is 5.91 Å². The Morgan fingerprint density at radius 3 is 2.42 bits per heavy atom. The number of nitrogens with zero attached hydrogens (tertiary/aromatic N) is 1. The quantitative estimate of drug-likeness (QED) is 0.906. The van der Waals surface area contributed by atoms with Crippen molar-refractivity contribution < 1.29 is 4.79 Å². The Morgan fingerprint density at radius 2 is 1.84 bits per heavy atom. The van der Waals surface area contributed by atoms with Gasteiger partial charge in [-0.05, 0) is 56.8 Å². The maximum Gasteiger partial charge on any atom is 0.238 e. The first-order chi connectivity index (χ1) is 9.06. The average molecular weight is 260 g/mol. The van der Waals surface area contributed by atoms with Crippen LogP contribution in [-0.4, -0.2) is 30.4 Å². The zero-order valence-corrected chi connectivity index (χ0v) is 12.2. The van der Waals surface area contributed by atoms with Crippen LogP contribution in [0.2, 0.25) is 0 Å². The van der Waals surface area contributed by atoms with Crippen molar-refractivity contribution >= 4 is 11.6 Å². The second-order valence-electron chi connectivity index (χ2n) is 5.77. The second-order valence-corrected chi connectivity index (χ2v) is 5.77. The van der Waals surface area contributed by atoms with Crippen LogP contribution in [0.1, 0.15) is 30.9 Å². The van der Waals surface area contributed by atoms with E-state index in [1.54, 1.807) is 0 Å². The topological polar surface area (TPSA) is 32.3 Å². The predicted octanol–water partition coefficient (Wildman–Crippen LogP) is 2.97. The molecule has 1 N–H and O–H groups in total. The van der Waals surface area contributed by atoms with Gasteiger partial charge in [0, 0.05) is 5.69 Å². The molecule has 0 unspecified atom stereocenters. The Labute approximate surface area is 116 Å². The number of benzene rings is 1. The molecule has 1 aromatic rings. The van der Waals surface area contributed by atoms with Crippen molar-refractivity contribution in [2.45, 2.75) is 33.6 Å². The second kappa shape index (κ2) is 6.20. The summed E-state index contributed by atoms with van der Waals surface area (Å²) in [6, 6.07) is 6.09. The van der Waals surface area contributed by atoms with Crippen molar-refractivity contribution in [3.05, 3.63) is 29.3 Å². The molecule has 1 saturated heterocycles. The van der Waals surface area contributed by atoms with Crippen LogP contribution < -0.4 is 5.32 Å². The molecule has 1 amide bonds. The summed E-state index contributed by atoms with van der Waals surface area (Å²) in [5.74, 6) is 0.907. The third kappa shape index (κ3) is 3.80. The van der Waals surface area contributed by atoms with Crippen LogP contribution in [0.15, 0.2) is 18.2 Å². The summed E-state index contributed by atoms with van der Waals surface area (Å²) in [7, 11) is 0. The van der Waals surface area contributed by atoms with Gasteiger partial charge in [-0.15, -0.1) is 0 Å². The molecular weight excluding hydrogens is 236 g/mol. The van der Waals surface area contributed by atoms with Crippen LogP contribution in [0.25, 0.3) is 0 Å². The highest BCUT2D eigenvalue weighted by Gasteiger charge is 2.18. The van der Waals surface area contributed by atoms with E-state index in [1.165, 1.54) is 12.8 Å². The van der Waals surface area contributed by atoms with Gasteiger partial charge in [0.1, 0.15) is 0 Å². The Balaban J connectivity index is 1.91. The van der Waals surface area contributed by atoms with E-state index >= 15 is 0 Å². The third-order valence-corrected chi connectivity index (χ3v) is 3.99. The highest BCUT2D eigenvalue weighted by molar-refractivity contribution is 5.93. The zero-order valence-electron chi connectivity index (χ0n) is 12.2. The molecule has 0 aromatic heterocycles. The molecular formula is C16H24N2O. The normalized spacial score (nSPS) is 17.4. The summed E-state index contributed by atoms with van der Waals surface area (Å²) in [6.45, 7) is 8.95. The van der Waals surface area contributed by atoms with Gasteiger partial charge >= 0.3 is 0 Å². The van der Waals surface area contributed by atoms with Gasteiger partial charge in [-0.2, -0.15) is 0 Å². The molecule has 19 heavy (non-hydrogen) atoms. The first-order valence-electron chi connectivity index (χ1n) is 7.14. The standard InChI is InChI=1S/C16H24N2O/c1-12-7-9-18(10-8-12)11-15(19)17-16-13(2)5-4-6-14(16)3/h4-6,12H,7-11H2,1-3H3,(H,17,19). The summed E-state index contributed by atoms with van der Waals surface area (Å²) in [4.78, 5) is 14.4. The van der Waals surface area contributed by atoms with E-state index in [2.05, 4.69) is 17.1 Å². The number of aryl methyl sites for hydroxylation is 2. The van der Waals surface area contributed by atoms with Gasteiger partial charge in [0.05, 0.1) is 6.54 Å². The molecule has 0 radical (unpaired) electrons. The van der Waals surface area contributed by atoms with Crippen molar-refractivity contribution in [2.75, 3.05) is 25.0 Å². The minimum Gasteiger partial charge on any atom is -0.324 e. The lowest BCUT2D eigenvalue weighted by atomic mass is 9.99. The smallest absolute Gasteiger partial charge is 0.238 e. The summed E-state index contributed by atoms with van der Waals surface area (Å²) in [5, 5.41) is 3.06. The largest absolute Gasteiger partial charge is 0.324 e. The number of nitrogens with one attached hydrogen (secondary N) is 1. The Hall–Kier alpha value is -1.35. The Morgan fingerprint density at radius 1 is 1.26 bits per heavy atom. The first-order valence-corrected chi connectivity index (χ1v) is 7.14. The van der Waals surface area contributed by atoms with E-state index in [-0.39, 0.29) is 5.91 Å². The number of amides is 1. The molecule has 3 nitrogen and oxygen atoms in total. The molecule has 3 heteroatoms. The third-order valence-electron chi connectivity index (χ3n) is 3.99. The van der Waals surface area contributed by atoms with Crippen LogP contribution in [0.3, 0.4) is 0 Å². The molecule has 2 rings (SSSR count). The molecule has 1 aliphatic rings. The number of rotatable bonds is 3. The van der Waals surface area contributed by atoms with Gasteiger partial charge in [-0.1, -0.05) is 25.1 Å². The number of anilines is 1. The number of hydrogen-bond acceptors (Lipinski definition) is 2. The van der Waals surface area contributed by atoms with E-state index in [4.69, 9.17) is 0 Å². The lowest BCUT2D eigenvalue weighted by Gasteiger charge is -2.29. The number of likely N-dealkylation sites (tertiary alicyclic amines) is 1. The van der Waals surface area contributed by atoms with E-state index in [9.17, 15) is 4.79 Å². The predicted molar refractivity (Wildman–Crippen MR) is 79.4 cm³/mol. The van der Waals surface area contributed by atoms with Crippen LogP contribution >= 0.6 is 0 Å². The maximum absolute atomic E-state index is 12.1. The molecule has 1 heterocycles. The van der Waals surface area contributed by atoms with Crippen molar-refractivity contribution in [2.24, 2.45) is 5.92 Å². The van der Waals surface area contributed by atoms with Crippen LogP contribution in [0, 0.1) is 19.8 Å². The summed E-state index contributed by atoms with van der Waals surface area (Å²) in [5.41, 5.74) is 3.22. The van der Waals surface area contributed by atoms with Crippen LogP contribution in [0.5, 0.6) is 0 Å². The molecule has 0 spiro atoms. The summed E-state index contributed by atoms with van der Waals surface area (Å²) in [6.07, 6.45) is 2.41. The number of carbonyl (C=O) groups is 1. The molecule has 0 bridgehead atoms. The maximum atomic E-state index is 12.1. The fraction of sp³-hybridized carbons (Fsp3) is 0.562. The van der Waals surface area contributed by atoms with E-state index in [1.807, 2.05) is 32.0 Å². The molecule has 1 aliphatic heterocycles. The minimum absolute atomic E-state index is 0.104. The van der Waals surface area contributed by atoms with Crippen molar-refractivity contribution in [3.63, 3.8) is 0 Å². The summed E-state index contributed by atoms with van der Waals surface area (Å²) < 4.78 is 0. The molecule has 1 fully saturated rings. The fourth-order valence-corrected chi connectivity index (χ4v) is 2.61. The highest BCUT2D eigenvalue weighted by atomic mass is 16.2. The fourth-order valence-electron chi connectivity index (χ4n) is 2.61. The molecule has 0 aliphatic carbocycles. The Kier molecular flexibility index (Phi) is 4.59. The lowest BCUT2D eigenvalue weighted by molar-refractivity contribution is -0.117. The summed E-state index contributed by atoms with van der Waals surface area (Å²) >= 11 is 0. The zero-order chi connectivity index (χ0) is 13.8. The Bertz CT molecular complexity index is 428. The van der Waals surface area contributed by atoms with Gasteiger partial charge in [-0.25, -0.2) is 0 Å². The molecule has 0 saturated carbocycles. The van der Waals surface area contributed by atoms with Gasteiger partial charge in [-0.3, -0.25) is 9.69 Å². The van der Waals surface area contributed by atoms with Crippen molar-refractivity contribution in [3.8, 4) is 0 Å². The van der Waals surface area contributed by atoms with Gasteiger partial charge in [0.15, 0.2) is 0 Å². The van der Waals surface area contributed by atoms with E-state index in [0.717, 1.165) is 35.8 Å². The van der Waals surface area contributed by atoms with Gasteiger partial charge in [0.25, 0.3) is 0 Å². The number of carbonyl (C=O) groups excluding carboxylic acids is 1. The molecule has 104 valence electrons. The van der Waals surface area contributed by atoms with Crippen LogP contribution in [0.4, 0.5) is 5.69 Å². The first kappa shape index (κ1) is 14.1. The average Bonchev–Trinajstić information content (AvgIpc) is 2.37. The monoisotopic (exact) mass is 260 g/mol. The minimum atomic E-state index is 0.104. The number of para-hydroxylation sites is 1. The number of piperidine rings is 1. The highest BCUT2D eigenvalue weighted by Crippen LogP contribution is 2.20. The molecule has 0 atom stereocenters. The SMILES string of the molecule is Cc1cccc(C)c1NC(=O)CN1CCC(C)CC1. The van der Waals surface area contributed by atoms with Gasteiger partial charge < -0.3 is 5.32 Å². The van der Waals surface area contributed by atoms with Crippen molar-refractivity contribution in [1.29, 1.82) is 0 Å². The van der Waals surface area contributed by atoms with Crippen LogP contribution in [-0.2, 0) is 4.79 Å². The van der Waals surface area contributed by atoms with Crippen molar-refractivity contribution in [1.82, 2.24) is 4.90 Å². The van der Waals surface area contributed by atoms with E-state index < -0.39 is 0 Å². The molecule has 1 aromatic carbocycles. The lowest BCUT2D eigenvalue weighted by Crippen LogP contribution is -2.38. The number of hydrogen-bond donors (Lipinski definition) is 1.